The Kier molecular flexibility index (Phi) is 4.95. The molecule has 0 aliphatic carbocycles. The molecule has 1 aliphatic heterocycles. The first-order chi connectivity index (χ1) is 8.68. The van der Waals surface area contributed by atoms with Crippen molar-refractivity contribution in [3.8, 4) is 0 Å². The van der Waals surface area contributed by atoms with Crippen molar-refractivity contribution in [2.45, 2.75) is 19.1 Å². The van der Waals surface area contributed by atoms with Gasteiger partial charge in [0.15, 0.2) is 0 Å². The molecule has 1 aromatic carbocycles. The first-order valence-electron chi connectivity index (χ1n) is 6.21. The van der Waals surface area contributed by atoms with Crippen LogP contribution in [0.1, 0.15) is 12.0 Å². The molecule has 100 valence electrons. The summed E-state index contributed by atoms with van der Waals surface area (Å²) in [7, 11) is 0. The average molecular weight is 273 g/mol. The highest BCUT2D eigenvalue weighted by Gasteiger charge is 2.22. The van der Waals surface area contributed by atoms with Gasteiger partial charge in [-0.15, -0.1) is 0 Å². The molecule has 1 aliphatic rings. The lowest BCUT2D eigenvalue weighted by atomic mass is 9.95. The van der Waals surface area contributed by atoms with Gasteiger partial charge in [-0.2, -0.15) is 0 Å². The molecule has 0 unspecified atom stereocenters. The van der Waals surface area contributed by atoms with E-state index in [1.807, 2.05) is 0 Å². The van der Waals surface area contributed by atoms with Crippen molar-refractivity contribution in [1.82, 2.24) is 10.6 Å². The van der Waals surface area contributed by atoms with Gasteiger partial charge in [-0.3, -0.25) is 0 Å². The molecule has 3 N–H and O–H groups in total. The molecule has 0 amide bonds. The Morgan fingerprint density at radius 1 is 1.50 bits per heavy atom. The summed E-state index contributed by atoms with van der Waals surface area (Å²) < 4.78 is 13.5. The summed E-state index contributed by atoms with van der Waals surface area (Å²) in [5.41, 5.74) is 0.489. The largest absolute Gasteiger partial charge is 0.391 e. The number of hydrogen-bond donors (Lipinski definition) is 3. The number of aliphatic hydroxyl groups excluding tert-OH is 1. The van der Waals surface area contributed by atoms with Crippen molar-refractivity contribution in [3.05, 3.63) is 34.6 Å². The smallest absolute Gasteiger partial charge is 0.129 e. The van der Waals surface area contributed by atoms with E-state index < -0.39 is 0 Å². The van der Waals surface area contributed by atoms with E-state index in [4.69, 9.17) is 11.6 Å². The number of rotatable bonds is 4. The molecule has 18 heavy (non-hydrogen) atoms. The molecule has 0 saturated carbocycles. The number of benzene rings is 1. The van der Waals surface area contributed by atoms with Gasteiger partial charge in [0.2, 0.25) is 0 Å². The maximum Gasteiger partial charge on any atom is 0.129 e. The maximum atomic E-state index is 13.5. The molecule has 3 nitrogen and oxygen atoms in total. The van der Waals surface area contributed by atoms with E-state index in [2.05, 4.69) is 10.6 Å². The van der Waals surface area contributed by atoms with E-state index >= 15 is 0 Å². The second kappa shape index (κ2) is 6.48. The molecule has 1 aromatic rings. The van der Waals surface area contributed by atoms with Crippen LogP contribution in [0.5, 0.6) is 0 Å². The van der Waals surface area contributed by atoms with E-state index in [9.17, 15) is 9.50 Å². The van der Waals surface area contributed by atoms with Gasteiger partial charge in [0.05, 0.1) is 6.10 Å². The number of halogens is 2. The lowest BCUT2D eigenvalue weighted by molar-refractivity contribution is 0.0813. The van der Waals surface area contributed by atoms with Gasteiger partial charge in [0.1, 0.15) is 5.82 Å². The number of hydrogen-bond acceptors (Lipinski definition) is 3. The second-order valence-corrected chi connectivity index (χ2v) is 5.06. The van der Waals surface area contributed by atoms with Crippen LogP contribution in [0.3, 0.4) is 0 Å². The quantitative estimate of drug-likeness (QED) is 0.779. The zero-order chi connectivity index (χ0) is 13.0. The lowest BCUT2D eigenvalue weighted by Crippen LogP contribution is -2.44. The van der Waals surface area contributed by atoms with Crippen molar-refractivity contribution >= 4 is 11.6 Å². The third kappa shape index (κ3) is 3.42. The summed E-state index contributed by atoms with van der Waals surface area (Å²) in [6, 6.07) is 4.68. The lowest BCUT2D eigenvalue weighted by Gasteiger charge is -2.28. The van der Waals surface area contributed by atoms with Crippen LogP contribution in [0.4, 0.5) is 4.39 Å². The van der Waals surface area contributed by atoms with E-state index in [1.54, 1.807) is 12.1 Å². The van der Waals surface area contributed by atoms with Crippen molar-refractivity contribution in [3.63, 3.8) is 0 Å². The van der Waals surface area contributed by atoms with Crippen molar-refractivity contribution in [1.29, 1.82) is 0 Å². The van der Waals surface area contributed by atoms with Crippen molar-refractivity contribution in [2.24, 2.45) is 5.92 Å². The van der Waals surface area contributed by atoms with Crippen LogP contribution in [-0.2, 0) is 6.54 Å². The highest BCUT2D eigenvalue weighted by molar-refractivity contribution is 6.31. The monoisotopic (exact) mass is 272 g/mol. The number of aliphatic hydroxyl groups is 1. The fraction of sp³-hybridized carbons (Fsp3) is 0.538. The molecule has 1 heterocycles. The molecule has 1 fully saturated rings. The topological polar surface area (TPSA) is 44.3 Å². The van der Waals surface area contributed by atoms with E-state index in [0.717, 1.165) is 13.0 Å². The van der Waals surface area contributed by atoms with Crippen molar-refractivity contribution in [2.75, 3.05) is 19.6 Å². The predicted molar refractivity (Wildman–Crippen MR) is 70.1 cm³/mol. The zero-order valence-electron chi connectivity index (χ0n) is 10.1. The summed E-state index contributed by atoms with van der Waals surface area (Å²) >= 11 is 5.94. The van der Waals surface area contributed by atoms with E-state index in [1.165, 1.54) is 6.07 Å². The Morgan fingerprint density at radius 3 is 3.06 bits per heavy atom. The average Bonchev–Trinajstić information content (AvgIpc) is 2.35. The van der Waals surface area contributed by atoms with Crippen LogP contribution < -0.4 is 10.6 Å². The third-order valence-electron chi connectivity index (χ3n) is 3.36. The highest BCUT2D eigenvalue weighted by Crippen LogP contribution is 2.19. The molecule has 0 bridgehead atoms. The third-order valence-corrected chi connectivity index (χ3v) is 3.71. The first kappa shape index (κ1) is 13.7. The molecule has 2 rings (SSSR count). The molecule has 0 aromatic heterocycles. The van der Waals surface area contributed by atoms with Gasteiger partial charge in [0, 0.05) is 30.2 Å². The van der Waals surface area contributed by atoms with Crippen LogP contribution in [0, 0.1) is 11.7 Å². The van der Waals surface area contributed by atoms with Gasteiger partial charge < -0.3 is 15.7 Å². The number of β-amino-alcohol motifs (C(OH)–C–C–N with tert-alkyl or cyclic N) is 1. The van der Waals surface area contributed by atoms with E-state index in [0.29, 0.717) is 30.2 Å². The highest BCUT2D eigenvalue weighted by atomic mass is 35.5. The zero-order valence-corrected chi connectivity index (χ0v) is 10.9. The standard InChI is InChI=1S/C13H18ClFN2O/c14-11-2-1-3-12(15)10(11)7-17-6-9-4-5-16-8-13(9)18/h1-3,9,13,16-18H,4-8H2/t9-,13+/m0/s1. The molecular weight excluding hydrogens is 255 g/mol. The molecule has 5 heteroatoms. The Balaban J connectivity index is 1.84. The van der Waals surface area contributed by atoms with Gasteiger partial charge in [-0.05, 0) is 31.0 Å². The molecular formula is C13H18ClFN2O. The SMILES string of the molecule is O[C@@H]1CNCC[C@H]1CNCc1c(F)cccc1Cl. The van der Waals surface area contributed by atoms with Crippen LogP contribution in [-0.4, -0.2) is 30.8 Å². The van der Waals surface area contributed by atoms with Gasteiger partial charge in [-0.1, -0.05) is 17.7 Å². The Hall–Kier alpha value is -0.680. The van der Waals surface area contributed by atoms with Gasteiger partial charge >= 0.3 is 0 Å². The predicted octanol–water partition coefficient (Wildman–Crippen LogP) is 1.54. The number of nitrogens with one attached hydrogen (secondary N) is 2. The molecule has 0 spiro atoms. The Morgan fingerprint density at radius 2 is 2.33 bits per heavy atom. The summed E-state index contributed by atoms with van der Waals surface area (Å²) in [4.78, 5) is 0. The fourth-order valence-electron chi connectivity index (χ4n) is 2.22. The van der Waals surface area contributed by atoms with E-state index in [-0.39, 0.29) is 17.8 Å². The maximum absolute atomic E-state index is 13.5. The minimum atomic E-state index is -0.331. The van der Waals surface area contributed by atoms with Crippen LogP contribution in [0.25, 0.3) is 0 Å². The number of piperidine rings is 1. The molecule has 0 radical (unpaired) electrons. The summed E-state index contributed by atoms with van der Waals surface area (Å²) in [5, 5.41) is 16.5. The van der Waals surface area contributed by atoms with Crippen LogP contribution in [0.15, 0.2) is 18.2 Å². The molecule has 1 saturated heterocycles. The fourth-order valence-corrected chi connectivity index (χ4v) is 2.45. The van der Waals surface area contributed by atoms with Crippen molar-refractivity contribution < 1.29 is 9.50 Å². The summed E-state index contributed by atoms with van der Waals surface area (Å²) in [6.45, 7) is 2.62. The Labute approximate surface area is 111 Å². The minimum absolute atomic E-state index is 0.219. The summed E-state index contributed by atoms with van der Waals surface area (Å²) in [6.07, 6.45) is 0.599. The van der Waals surface area contributed by atoms with Crippen LogP contribution in [0.2, 0.25) is 5.02 Å². The molecule has 2 atom stereocenters. The van der Waals surface area contributed by atoms with Crippen LogP contribution >= 0.6 is 11.6 Å². The first-order valence-corrected chi connectivity index (χ1v) is 6.58. The van der Waals surface area contributed by atoms with Gasteiger partial charge in [-0.25, -0.2) is 4.39 Å². The second-order valence-electron chi connectivity index (χ2n) is 4.65. The Bertz CT molecular complexity index is 382. The normalized spacial score (nSPS) is 24.2. The van der Waals surface area contributed by atoms with Gasteiger partial charge in [0.25, 0.3) is 0 Å². The summed E-state index contributed by atoms with van der Waals surface area (Å²) in [5.74, 6) is -0.0716. The minimum Gasteiger partial charge on any atom is -0.391 e.